The van der Waals surface area contributed by atoms with Gasteiger partial charge in [0.2, 0.25) is 5.91 Å². The highest BCUT2D eigenvalue weighted by Gasteiger charge is 2.23. The van der Waals surface area contributed by atoms with Gasteiger partial charge in [0.05, 0.1) is 10.6 Å². The van der Waals surface area contributed by atoms with Crippen molar-refractivity contribution in [3.63, 3.8) is 0 Å². The van der Waals surface area contributed by atoms with Crippen LogP contribution in [0.3, 0.4) is 0 Å². The minimum absolute atomic E-state index is 0.0786. The summed E-state index contributed by atoms with van der Waals surface area (Å²) in [5, 5.41) is 13.8. The summed E-state index contributed by atoms with van der Waals surface area (Å²) in [4.78, 5) is 16.5. The zero-order valence-electron chi connectivity index (χ0n) is 17.0. The molecule has 4 rings (SSSR count). The highest BCUT2D eigenvalue weighted by molar-refractivity contribution is 7.99. The maximum atomic E-state index is 13.0. The Balaban J connectivity index is 1.59. The molecule has 2 aromatic heterocycles. The van der Waals surface area contributed by atoms with E-state index in [1.165, 1.54) is 23.1 Å². The third kappa shape index (κ3) is 5.23. The molecular formula is C21H19N5O3S3. The van der Waals surface area contributed by atoms with Crippen LogP contribution in [-0.4, -0.2) is 39.8 Å². The Morgan fingerprint density at radius 2 is 1.84 bits per heavy atom. The summed E-state index contributed by atoms with van der Waals surface area (Å²) in [7, 11) is -3.63. The number of para-hydroxylation sites is 1. The fourth-order valence-electron chi connectivity index (χ4n) is 2.89. The second kappa shape index (κ2) is 9.63. The number of carbonyl (C=O) groups excluding carboxylic acids is 1. The van der Waals surface area contributed by atoms with Crippen molar-refractivity contribution in [1.29, 1.82) is 0 Å². The molecule has 0 bridgehead atoms. The lowest BCUT2D eigenvalue weighted by molar-refractivity contribution is -0.113. The molecule has 0 atom stereocenters. The lowest BCUT2D eigenvalue weighted by Crippen LogP contribution is -2.15. The van der Waals surface area contributed by atoms with Gasteiger partial charge in [-0.05, 0) is 31.2 Å². The summed E-state index contributed by atoms with van der Waals surface area (Å²) in [6.45, 7) is 1.90. The summed E-state index contributed by atoms with van der Waals surface area (Å²) >= 11 is 2.51. The molecule has 11 heteroatoms. The number of anilines is 1. The topological polar surface area (TPSA) is 107 Å². The number of thioether (sulfide) groups is 1. The van der Waals surface area contributed by atoms with Crippen molar-refractivity contribution in [1.82, 2.24) is 19.7 Å². The molecule has 32 heavy (non-hydrogen) atoms. The number of hydrogen-bond donors (Lipinski definition) is 1. The maximum Gasteiger partial charge on any atom is 0.236 e. The summed E-state index contributed by atoms with van der Waals surface area (Å²) < 4.78 is 27.7. The average Bonchev–Trinajstić information content (AvgIpc) is 3.43. The third-order valence-electron chi connectivity index (χ3n) is 4.43. The van der Waals surface area contributed by atoms with E-state index >= 15 is 0 Å². The van der Waals surface area contributed by atoms with E-state index in [1.54, 1.807) is 40.4 Å². The Kier molecular flexibility index (Phi) is 6.68. The largest absolute Gasteiger partial charge is 0.301 e. The maximum absolute atomic E-state index is 13.0. The molecule has 0 unspecified atom stereocenters. The molecule has 1 amide bonds. The van der Waals surface area contributed by atoms with Crippen LogP contribution < -0.4 is 5.32 Å². The monoisotopic (exact) mass is 485 g/mol. The van der Waals surface area contributed by atoms with Crippen LogP contribution in [0.5, 0.6) is 0 Å². The molecule has 4 aromatic rings. The summed E-state index contributed by atoms with van der Waals surface area (Å²) in [5.74, 6) is -0.194. The Hall–Kier alpha value is -3.02. The van der Waals surface area contributed by atoms with Crippen LogP contribution >= 0.6 is 23.1 Å². The highest BCUT2D eigenvalue weighted by Crippen LogP contribution is 2.25. The summed E-state index contributed by atoms with van der Waals surface area (Å²) in [6, 6.07) is 15.9. The number of benzene rings is 2. The van der Waals surface area contributed by atoms with Crippen molar-refractivity contribution in [2.24, 2.45) is 0 Å². The minimum atomic E-state index is -3.63. The molecule has 0 aliphatic heterocycles. The standard InChI is InChI=1S/C21H19N5O3S3/c1-15-7-9-17(10-8-15)32(28,29)14-18-24-25-21(26(18)16-5-3-2-4-6-16)31-13-19(27)23-20-22-11-12-30-20/h2-12H,13-14H2,1H3,(H,22,23,27). The zero-order valence-corrected chi connectivity index (χ0v) is 19.5. The van der Waals surface area contributed by atoms with Crippen LogP contribution in [0, 0.1) is 6.92 Å². The van der Waals surface area contributed by atoms with E-state index in [-0.39, 0.29) is 28.1 Å². The van der Waals surface area contributed by atoms with E-state index in [1.807, 2.05) is 37.3 Å². The first-order valence-electron chi connectivity index (χ1n) is 9.54. The van der Waals surface area contributed by atoms with Crippen molar-refractivity contribution >= 4 is 44.0 Å². The minimum Gasteiger partial charge on any atom is -0.301 e. The van der Waals surface area contributed by atoms with Gasteiger partial charge in [-0.3, -0.25) is 9.36 Å². The van der Waals surface area contributed by atoms with Gasteiger partial charge in [-0.15, -0.1) is 21.5 Å². The lowest BCUT2D eigenvalue weighted by Gasteiger charge is -2.11. The van der Waals surface area contributed by atoms with Crippen molar-refractivity contribution in [3.8, 4) is 5.69 Å². The van der Waals surface area contributed by atoms with Gasteiger partial charge >= 0.3 is 0 Å². The number of aromatic nitrogens is 4. The predicted molar refractivity (Wildman–Crippen MR) is 125 cm³/mol. The zero-order chi connectivity index (χ0) is 22.6. The molecule has 0 spiro atoms. The van der Waals surface area contributed by atoms with Crippen LogP contribution in [0.2, 0.25) is 0 Å². The Labute approximate surface area is 193 Å². The fourth-order valence-corrected chi connectivity index (χ4v) is 5.45. The molecule has 0 saturated heterocycles. The van der Waals surface area contributed by atoms with Gasteiger partial charge in [-0.1, -0.05) is 47.7 Å². The molecule has 164 valence electrons. The molecular weight excluding hydrogens is 466 g/mol. The Morgan fingerprint density at radius 3 is 2.53 bits per heavy atom. The molecule has 0 fully saturated rings. The van der Waals surface area contributed by atoms with Gasteiger partial charge < -0.3 is 5.32 Å². The Morgan fingerprint density at radius 1 is 1.09 bits per heavy atom. The molecule has 0 aliphatic rings. The van der Waals surface area contributed by atoms with Gasteiger partial charge in [0.15, 0.2) is 25.9 Å². The van der Waals surface area contributed by atoms with Gasteiger partial charge in [-0.2, -0.15) is 0 Å². The SMILES string of the molecule is Cc1ccc(S(=O)(=O)Cc2nnc(SCC(=O)Nc3nccs3)n2-c2ccccc2)cc1. The lowest BCUT2D eigenvalue weighted by atomic mass is 10.2. The van der Waals surface area contributed by atoms with E-state index in [4.69, 9.17) is 0 Å². The first-order valence-corrected chi connectivity index (χ1v) is 13.1. The number of amides is 1. The molecule has 0 aliphatic carbocycles. The van der Waals surface area contributed by atoms with Crippen LogP contribution in [0.1, 0.15) is 11.4 Å². The van der Waals surface area contributed by atoms with E-state index in [0.717, 1.165) is 11.3 Å². The van der Waals surface area contributed by atoms with Crippen molar-refractivity contribution in [3.05, 3.63) is 77.6 Å². The number of hydrogen-bond acceptors (Lipinski definition) is 8. The first kappa shape index (κ1) is 22.2. The molecule has 1 N–H and O–H groups in total. The normalized spacial score (nSPS) is 11.4. The van der Waals surface area contributed by atoms with Crippen molar-refractivity contribution < 1.29 is 13.2 Å². The van der Waals surface area contributed by atoms with Gasteiger partial charge in [-0.25, -0.2) is 13.4 Å². The number of aryl methyl sites for hydroxylation is 1. The molecule has 2 heterocycles. The van der Waals surface area contributed by atoms with Crippen molar-refractivity contribution in [2.75, 3.05) is 11.1 Å². The summed E-state index contributed by atoms with van der Waals surface area (Å²) in [6.07, 6.45) is 1.61. The third-order valence-corrected chi connectivity index (χ3v) is 7.67. The van der Waals surface area contributed by atoms with Crippen LogP contribution in [0.25, 0.3) is 5.69 Å². The molecule has 0 radical (unpaired) electrons. The van der Waals surface area contributed by atoms with Gasteiger partial charge in [0.25, 0.3) is 0 Å². The summed E-state index contributed by atoms with van der Waals surface area (Å²) in [5.41, 5.74) is 1.69. The second-order valence-electron chi connectivity index (χ2n) is 6.82. The van der Waals surface area contributed by atoms with Crippen LogP contribution in [0.15, 0.2) is 76.2 Å². The Bertz CT molecular complexity index is 1300. The fraction of sp³-hybridized carbons (Fsp3) is 0.143. The molecule has 0 saturated carbocycles. The van der Waals surface area contributed by atoms with Gasteiger partial charge in [0.1, 0.15) is 5.75 Å². The number of nitrogens with zero attached hydrogens (tertiary/aromatic N) is 4. The quantitative estimate of drug-likeness (QED) is 0.379. The number of sulfone groups is 1. The van der Waals surface area contributed by atoms with Gasteiger partial charge in [0, 0.05) is 17.3 Å². The number of nitrogens with one attached hydrogen (secondary N) is 1. The predicted octanol–water partition coefficient (Wildman–Crippen LogP) is 3.74. The van der Waals surface area contributed by atoms with E-state index in [9.17, 15) is 13.2 Å². The van der Waals surface area contributed by atoms with E-state index in [0.29, 0.717) is 10.3 Å². The van der Waals surface area contributed by atoms with Crippen LogP contribution in [-0.2, 0) is 20.4 Å². The van der Waals surface area contributed by atoms with E-state index in [2.05, 4.69) is 20.5 Å². The highest BCUT2D eigenvalue weighted by atomic mass is 32.2. The number of rotatable bonds is 8. The number of thiazole rings is 1. The average molecular weight is 486 g/mol. The van der Waals surface area contributed by atoms with E-state index < -0.39 is 9.84 Å². The van der Waals surface area contributed by atoms with Crippen LogP contribution in [0.4, 0.5) is 5.13 Å². The first-order chi connectivity index (χ1) is 15.4. The second-order valence-corrected chi connectivity index (χ2v) is 10.6. The smallest absolute Gasteiger partial charge is 0.236 e. The molecule has 2 aromatic carbocycles. The van der Waals surface area contributed by atoms with Crippen molar-refractivity contribution in [2.45, 2.75) is 22.7 Å². The number of carbonyl (C=O) groups is 1. The molecule has 8 nitrogen and oxygen atoms in total.